The molecule has 0 N–H and O–H groups in total. The lowest BCUT2D eigenvalue weighted by Gasteiger charge is -2.36. The third-order valence-electron chi connectivity index (χ3n) is 4.63. The largest absolute Gasteiger partial charge is 0.451 e. The average molecular weight is 345 g/mol. The van der Waals surface area contributed by atoms with Crippen LogP contribution >= 0.6 is 0 Å². The Bertz CT molecular complexity index is 1040. The molecule has 1 saturated heterocycles. The van der Waals surface area contributed by atoms with E-state index in [2.05, 4.69) is 10.1 Å². The first-order chi connectivity index (χ1) is 12.8. The van der Waals surface area contributed by atoms with Crippen LogP contribution in [0.15, 0.2) is 69.6 Å². The molecule has 0 radical (unpaired) electrons. The van der Waals surface area contributed by atoms with Crippen LogP contribution in [0.5, 0.6) is 0 Å². The first-order valence-electron chi connectivity index (χ1n) is 8.45. The minimum absolute atomic E-state index is 0.0632. The zero-order chi connectivity index (χ0) is 17.5. The molecule has 1 aliphatic heterocycles. The molecule has 5 rings (SSSR count). The lowest BCUT2D eigenvalue weighted by Crippen LogP contribution is -2.48. The van der Waals surface area contributed by atoms with Gasteiger partial charge in [-0.05, 0) is 12.1 Å². The van der Waals surface area contributed by atoms with Gasteiger partial charge >= 0.3 is 0 Å². The third kappa shape index (κ3) is 2.47. The van der Waals surface area contributed by atoms with Gasteiger partial charge in [-0.15, -0.1) is 0 Å². The molecule has 0 atom stereocenters. The molecule has 0 aliphatic carbocycles. The van der Waals surface area contributed by atoms with Gasteiger partial charge in [-0.3, -0.25) is 4.79 Å². The van der Waals surface area contributed by atoms with E-state index in [0.29, 0.717) is 30.6 Å². The zero-order valence-corrected chi connectivity index (χ0v) is 13.8. The Balaban J connectivity index is 1.28. The number of fused-ring (bicyclic) bond motifs is 1. The van der Waals surface area contributed by atoms with Crippen molar-refractivity contribution in [3.05, 3.63) is 72.3 Å². The van der Waals surface area contributed by atoms with Crippen LogP contribution in [0.4, 0.5) is 0 Å². The number of furan rings is 1. The number of nitrogens with zero attached hydrogens (tertiary/aromatic N) is 3. The Morgan fingerprint density at radius 2 is 1.81 bits per heavy atom. The summed E-state index contributed by atoms with van der Waals surface area (Å²) in [4.78, 5) is 18.8. The number of benzene rings is 2. The predicted octanol–water partition coefficient (Wildman–Crippen LogP) is 3.72. The number of hydrogen-bond donors (Lipinski definition) is 0. The fourth-order valence-electron chi connectivity index (χ4n) is 3.15. The SMILES string of the molecule is O=C(c1cc2ccccc2o1)N1CC(c2nc(-c3ccccc3)no2)C1. The number of amides is 1. The van der Waals surface area contributed by atoms with Gasteiger partial charge in [0.25, 0.3) is 5.91 Å². The van der Waals surface area contributed by atoms with Gasteiger partial charge in [-0.25, -0.2) is 0 Å². The predicted molar refractivity (Wildman–Crippen MR) is 94.6 cm³/mol. The van der Waals surface area contributed by atoms with Gasteiger partial charge in [0.05, 0.1) is 5.92 Å². The fourth-order valence-corrected chi connectivity index (χ4v) is 3.15. The van der Waals surface area contributed by atoms with Crippen LogP contribution in [0.3, 0.4) is 0 Å². The molecule has 128 valence electrons. The second kappa shape index (κ2) is 5.84. The number of hydrogen-bond acceptors (Lipinski definition) is 5. The van der Waals surface area contributed by atoms with Crippen molar-refractivity contribution in [3.63, 3.8) is 0 Å². The van der Waals surface area contributed by atoms with Crippen LogP contribution in [0.1, 0.15) is 22.4 Å². The molecule has 1 amide bonds. The van der Waals surface area contributed by atoms with Gasteiger partial charge in [-0.1, -0.05) is 53.7 Å². The topological polar surface area (TPSA) is 72.4 Å². The molecule has 6 heteroatoms. The smallest absolute Gasteiger partial charge is 0.289 e. The molecule has 1 fully saturated rings. The first kappa shape index (κ1) is 14.9. The van der Waals surface area contributed by atoms with E-state index in [1.807, 2.05) is 54.6 Å². The summed E-state index contributed by atoms with van der Waals surface area (Å²) in [6.07, 6.45) is 0. The van der Waals surface area contributed by atoms with E-state index < -0.39 is 0 Å². The van der Waals surface area contributed by atoms with Gasteiger partial charge in [0, 0.05) is 24.0 Å². The van der Waals surface area contributed by atoms with E-state index in [9.17, 15) is 4.79 Å². The number of rotatable bonds is 3. The molecule has 4 aromatic rings. The fraction of sp³-hybridized carbons (Fsp3) is 0.150. The van der Waals surface area contributed by atoms with Crippen LogP contribution in [0.25, 0.3) is 22.4 Å². The maximum absolute atomic E-state index is 12.6. The normalized spacial score (nSPS) is 14.5. The van der Waals surface area contributed by atoms with Crippen molar-refractivity contribution >= 4 is 16.9 Å². The van der Waals surface area contributed by atoms with E-state index >= 15 is 0 Å². The van der Waals surface area contributed by atoms with Crippen molar-refractivity contribution in [1.82, 2.24) is 15.0 Å². The minimum Gasteiger partial charge on any atom is -0.451 e. The van der Waals surface area contributed by atoms with Gasteiger partial charge in [0.1, 0.15) is 5.58 Å². The highest BCUT2D eigenvalue weighted by atomic mass is 16.5. The molecular weight excluding hydrogens is 330 g/mol. The number of carbonyl (C=O) groups is 1. The summed E-state index contributed by atoms with van der Waals surface area (Å²) < 4.78 is 11.0. The van der Waals surface area contributed by atoms with E-state index in [4.69, 9.17) is 8.94 Å². The molecule has 0 spiro atoms. The molecular formula is C20H15N3O3. The molecule has 26 heavy (non-hydrogen) atoms. The van der Waals surface area contributed by atoms with E-state index in [1.165, 1.54) is 0 Å². The standard InChI is InChI=1S/C20H15N3O3/c24-20(17-10-14-8-4-5-9-16(14)25-17)23-11-15(12-23)19-21-18(22-26-19)13-6-2-1-3-7-13/h1-10,15H,11-12H2. The number of likely N-dealkylation sites (tertiary alicyclic amines) is 1. The Morgan fingerprint density at radius 3 is 2.62 bits per heavy atom. The first-order valence-corrected chi connectivity index (χ1v) is 8.45. The van der Waals surface area contributed by atoms with Gasteiger partial charge in [0.2, 0.25) is 11.7 Å². The number of carbonyl (C=O) groups excluding carboxylic acids is 1. The second-order valence-corrected chi connectivity index (χ2v) is 6.38. The molecule has 3 heterocycles. The van der Waals surface area contributed by atoms with E-state index in [-0.39, 0.29) is 11.8 Å². The van der Waals surface area contributed by atoms with Gasteiger partial charge in [0.15, 0.2) is 5.76 Å². The number of para-hydroxylation sites is 1. The average Bonchev–Trinajstić information content (AvgIpc) is 3.28. The summed E-state index contributed by atoms with van der Waals surface area (Å²) in [5, 5.41) is 4.97. The van der Waals surface area contributed by atoms with Crippen LogP contribution in [0.2, 0.25) is 0 Å². The van der Waals surface area contributed by atoms with Crippen LogP contribution in [0, 0.1) is 0 Å². The summed E-state index contributed by atoms with van der Waals surface area (Å²) in [6, 6.07) is 19.1. The molecule has 0 bridgehead atoms. The van der Waals surface area contributed by atoms with Crippen molar-refractivity contribution in [1.29, 1.82) is 0 Å². The van der Waals surface area contributed by atoms with Crippen LogP contribution < -0.4 is 0 Å². The van der Waals surface area contributed by atoms with Crippen molar-refractivity contribution in [3.8, 4) is 11.4 Å². The highest BCUT2D eigenvalue weighted by Crippen LogP contribution is 2.30. The Kier molecular flexibility index (Phi) is 3.35. The van der Waals surface area contributed by atoms with Crippen molar-refractivity contribution in [2.24, 2.45) is 0 Å². The van der Waals surface area contributed by atoms with Crippen LogP contribution in [-0.2, 0) is 0 Å². The second-order valence-electron chi connectivity index (χ2n) is 6.38. The highest BCUT2D eigenvalue weighted by molar-refractivity contribution is 5.96. The van der Waals surface area contributed by atoms with E-state index in [1.54, 1.807) is 11.0 Å². The van der Waals surface area contributed by atoms with Crippen molar-refractivity contribution in [2.45, 2.75) is 5.92 Å². The van der Waals surface area contributed by atoms with E-state index in [0.717, 1.165) is 16.5 Å². The Labute approximate surface area is 149 Å². The zero-order valence-electron chi connectivity index (χ0n) is 13.8. The van der Waals surface area contributed by atoms with Gasteiger partial charge in [-0.2, -0.15) is 4.98 Å². The minimum atomic E-state index is -0.111. The summed E-state index contributed by atoms with van der Waals surface area (Å²) >= 11 is 0. The van der Waals surface area contributed by atoms with Gasteiger partial charge < -0.3 is 13.8 Å². The lowest BCUT2D eigenvalue weighted by molar-refractivity contribution is 0.0539. The molecule has 0 unspecified atom stereocenters. The quantitative estimate of drug-likeness (QED) is 0.566. The number of aromatic nitrogens is 2. The summed E-state index contributed by atoms with van der Waals surface area (Å²) in [7, 11) is 0. The van der Waals surface area contributed by atoms with Crippen molar-refractivity contribution < 1.29 is 13.7 Å². The molecule has 6 nitrogen and oxygen atoms in total. The highest BCUT2D eigenvalue weighted by Gasteiger charge is 2.37. The molecule has 2 aromatic heterocycles. The Hall–Kier alpha value is -3.41. The maximum Gasteiger partial charge on any atom is 0.289 e. The maximum atomic E-state index is 12.6. The monoisotopic (exact) mass is 345 g/mol. The Morgan fingerprint density at radius 1 is 1.04 bits per heavy atom. The van der Waals surface area contributed by atoms with Crippen LogP contribution in [-0.4, -0.2) is 34.0 Å². The lowest BCUT2D eigenvalue weighted by atomic mass is 10.00. The molecule has 0 saturated carbocycles. The third-order valence-corrected chi connectivity index (χ3v) is 4.63. The molecule has 2 aromatic carbocycles. The summed E-state index contributed by atoms with van der Waals surface area (Å²) in [5.74, 6) is 1.45. The van der Waals surface area contributed by atoms with Crippen molar-refractivity contribution in [2.75, 3.05) is 13.1 Å². The summed E-state index contributed by atoms with van der Waals surface area (Å²) in [6.45, 7) is 1.10. The summed E-state index contributed by atoms with van der Waals surface area (Å²) in [5.41, 5.74) is 1.63. The molecule has 1 aliphatic rings.